The molecule has 3 nitrogen and oxygen atoms in total. The quantitative estimate of drug-likeness (QED) is 0.702. The molecule has 0 saturated carbocycles. The fourth-order valence-corrected chi connectivity index (χ4v) is 0.912. The van der Waals surface area contributed by atoms with Crippen molar-refractivity contribution in [2.45, 2.75) is 12.5 Å². The normalized spacial score (nSPS) is 13.3. The molecule has 0 aliphatic carbocycles. The highest BCUT2D eigenvalue weighted by molar-refractivity contribution is 4.99. The SMILES string of the molecule is COCC(O)Cc1ccco1. The first kappa shape index (κ1) is 8.30. The molecule has 1 N–H and O–H groups in total. The van der Waals surface area contributed by atoms with Gasteiger partial charge in [0.15, 0.2) is 0 Å². The number of methoxy groups -OCH3 is 1. The zero-order chi connectivity index (χ0) is 8.10. The van der Waals surface area contributed by atoms with Gasteiger partial charge in [-0.15, -0.1) is 0 Å². The molecule has 0 amide bonds. The lowest BCUT2D eigenvalue weighted by atomic mass is 10.2. The van der Waals surface area contributed by atoms with E-state index in [9.17, 15) is 5.11 Å². The van der Waals surface area contributed by atoms with Crippen molar-refractivity contribution < 1.29 is 14.3 Å². The highest BCUT2D eigenvalue weighted by Crippen LogP contribution is 2.03. The molecule has 1 aromatic rings. The summed E-state index contributed by atoms with van der Waals surface area (Å²) in [4.78, 5) is 0. The van der Waals surface area contributed by atoms with Crippen LogP contribution in [0.1, 0.15) is 5.76 Å². The van der Waals surface area contributed by atoms with Crippen molar-refractivity contribution in [3.8, 4) is 0 Å². The van der Waals surface area contributed by atoms with Gasteiger partial charge in [0.25, 0.3) is 0 Å². The Bertz CT molecular complexity index is 181. The Morgan fingerprint density at radius 2 is 2.55 bits per heavy atom. The molecule has 0 aliphatic heterocycles. The fraction of sp³-hybridized carbons (Fsp3) is 0.500. The molecule has 0 aromatic carbocycles. The number of aliphatic hydroxyl groups excluding tert-OH is 1. The minimum Gasteiger partial charge on any atom is -0.469 e. The summed E-state index contributed by atoms with van der Waals surface area (Å²) >= 11 is 0. The lowest BCUT2D eigenvalue weighted by Crippen LogP contribution is -2.16. The van der Waals surface area contributed by atoms with E-state index in [0.717, 1.165) is 5.76 Å². The lowest BCUT2D eigenvalue weighted by molar-refractivity contribution is 0.0618. The summed E-state index contributed by atoms with van der Waals surface area (Å²) < 4.78 is 9.80. The molecule has 0 aliphatic rings. The number of ether oxygens (including phenoxy) is 1. The van der Waals surface area contributed by atoms with Crippen LogP contribution in [0.2, 0.25) is 0 Å². The van der Waals surface area contributed by atoms with Gasteiger partial charge in [-0.05, 0) is 12.1 Å². The van der Waals surface area contributed by atoms with E-state index in [1.807, 2.05) is 6.07 Å². The van der Waals surface area contributed by atoms with Crippen molar-refractivity contribution in [2.75, 3.05) is 13.7 Å². The smallest absolute Gasteiger partial charge is 0.106 e. The number of hydrogen-bond donors (Lipinski definition) is 1. The molecule has 1 aromatic heterocycles. The Balaban J connectivity index is 2.31. The second kappa shape index (κ2) is 4.16. The standard InChI is InChI=1S/C8H12O3/c1-10-6-7(9)5-8-3-2-4-11-8/h2-4,7,9H,5-6H2,1H3. The number of furan rings is 1. The second-order valence-corrected chi connectivity index (χ2v) is 2.39. The molecule has 1 atom stereocenters. The molecule has 3 heteroatoms. The van der Waals surface area contributed by atoms with Crippen molar-refractivity contribution >= 4 is 0 Å². The Kier molecular flexibility index (Phi) is 3.14. The Labute approximate surface area is 65.6 Å². The van der Waals surface area contributed by atoms with E-state index in [4.69, 9.17) is 9.15 Å². The minimum absolute atomic E-state index is 0.348. The molecule has 1 rings (SSSR count). The summed E-state index contributed by atoms with van der Waals surface area (Å²) in [6.07, 6.45) is 1.64. The van der Waals surface area contributed by atoms with Crippen LogP contribution in [0.25, 0.3) is 0 Å². The average molecular weight is 156 g/mol. The minimum atomic E-state index is -0.467. The molecule has 0 fully saturated rings. The highest BCUT2D eigenvalue weighted by atomic mass is 16.5. The molecular formula is C8H12O3. The third-order valence-corrected chi connectivity index (χ3v) is 1.38. The van der Waals surface area contributed by atoms with E-state index in [1.54, 1.807) is 19.4 Å². The maximum atomic E-state index is 9.24. The first-order chi connectivity index (χ1) is 5.33. The summed E-state index contributed by atoms with van der Waals surface area (Å²) in [7, 11) is 1.56. The first-order valence-electron chi connectivity index (χ1n) is 3.52. The van der Waals surface area contributed by atoms with Crippen molar-refractivity contribution in [3.63, 3.8) is 0 Å². The van der Waals surface area contributed by atoms with Crippen molar-refractivity contribution in [3.05, 3.63) is 24.2 Å². The first-order valence-corrected chi connectivity index (χ1v) is 3.52. The largest absolute Gasteiger partial charge is 0.469 e. The van der Waals surface area contributed by atoms with Crippen LogP contribution in [0.15, 0.2) is 22.8 Å². The molecule has 0 saturated heterocycles. The third-order valence-electron chi connectivity index (χ3n) is 1.38. The van der Waals surface area contributed by atoms with E-state index in [0.29, 0.717) is 13.0 Å². The average Bonchev–Trinajstić information content (AvgIpc) is 2.40. The predicted octanol–water partition coefficient (Wildman–Crippen LogP) is 0.829. The summed E-state index contributed by atoms with van der Waals surface area (Å²) in [5, 5.41) is 9.24. The Morgan fingerprint density at radius 3 is 3.09 bits per heavy atom. The van der Waals surface area contributed by atoms with Gasteiger partial charge in [-0.3, -0.25) is 0 Å². The second-order valence-electron chi connectivity index (χ2n) is 2.39. The van der Waals surface area contributed by atoms with Gasteiger partial charge in [-0.25, -0.2) is 0 Å². The molecule has 1 heterocycles. The van der Waals surface area contributed by atoms with Gasteiger partial charge < -0.3 is 14.3 Å². The summed E-state index contributed by atoms with van der Waals surface area (Å²) in [5.74, 6) is 0.787. The van der Waals surface area contributed by atoms with Crippen LogP contribution in [0, 0.1) is 0 Å². The van der Waals surface area contributed by atoms with Crippen LogP contribution >= 0.6 is 0 Å². The van der Waals surface area contributed by atoms with Crippen LogP contribution < -0.4 is 0 Å². The van der Waals surface area contributed by atoms with Gasteiger partial charge in [0, 0.05) is 13.5 Å². The fourth-order valence-electron chi connectivity index (χ4n) is 0.912. The number of rotatable bonds is 4. The monoisotopic (exact) mass is 156 g/mol. The van der Waals surface area contributed by atoms with Crippen LogP contribution in [0.4, 0.5) is 0 Å². The van der Waals surface area contributed by atoms with Crippen molar-refractivity contribution in [1.29, 1.82) is 0 Å². The Morgan fingerprint density at radius 1 is 1.73 bits per heavy atom. The molecule has 62 valence electrons. The number of hydrogen-bond acceptors (Lipinski definition) is 3. The maximum absolute atomic E-state index is 9.24. The molecule has 0 radical (unpaired) electrons. The van der Waals surface area contributed by atoms with E-state index >= 15 is 0 Å². The maximum Gasteiger partial charge on any atom is 0.106 e. The van der Waals surface area contributed by atoms with Crippen LogP contribution in [-0.2, 0) is 11.2 Å². The van der Waals surface area contributed by atoms with Crippen molar-refractivity contribution in [2.24, 2.45) is 0 Å². The zero-order valence-electron chi connectivity index (χ0n) is 6.49. The zero-order valence-corrected chi connectivity index (χ0v) is 6.49. The molecular weight excluding hydrogens is 144 g/mol. The lowest BCUT2D eigenvalue weighted by Gasteiger charge is -2.05. The summed E-state index contributed by atoms with van der Waals surface area (Å²) in [6, 6.07) is 3.63. The van der Waals surface area contributed by atoms with Gasteiger partial charge in [-0.2, -0.15) is 0 Å². The highest BCUT2D eigenvalue weighted by Gasteiger charge is 2.05. The Hall–Kier alpha value is -0.800. The van der Waals surface area contributed by atoms with Gasteiger partial charge >= 0.3 is 0 Å². The topological polar surface area (TPSA) is 42.6 Å². The van der Waals surface area contributed by atoms with Crippen LogP contribution in [0.3, 0.4) is 0 Å². The number of aliphatic hydroxyl groups is 1. The van der Waals surface area contributed by atoms with Gasteiger partial charge in [0.1, 0.15) is 5.76 Å². The van der Waals surface area contributed by atoms with E-state index in [-0.39, 0.29) is 0 Å². The molecule has 0 spiro atoms. The van der Waals surface area contributed by atoms with Crippen LogP contribution in [-0.4, -0.2) is 24.9 Å². The van der Waals surface area contributed by atoms with Gasteiger partial charge in [0.05, 0.1) is 19.0 Å². The van der Waals surface area contributed by atoms with Crippen molar-refractivity contribution in [1.82, 2.24) is 0 Å². The van der Waals surface area contributed by atoms with Gasteiger partial charge in [0.2, 0.25) is 0 Å². The third kappa shape index (κ3) is 2.74. The molecule has 11 heavy (non-hydrogen) atoms. The van der Waals surface area contributed by atoms with E-state index in [1.165, 1.54) is 0 Å². The van der Waals surface area contributed by atoms with E-state index < -0.39 is 6.10 Å². The predicted molar refractivity (Wildman–Crippen MR) is 40.3 cm³/mol. The van der Waals surface area contributed by atoms with Crippen LogP contribution in [0.5, 0.6) is 0 Å². The van der Waals surface area contributed by atoms with Gasteiger partial charge in [-0.1, -0.05) is 0 Å². The molecule has 1 unspecified atom stereocenters. The summed E-state index contributed by atoms with van der Waals surface area (Å²) in [5.41, 5.74) is 0. The van der Waals surface area contributed by atoms with E-state index in [2.05, 4.69) is 0 Å². The summed E-state index contributed by atoms with van der Waals surface area (Å²) in [6.45, 7) is 0.348. The molecule has 0 bridgehead atoms.